The predicted molar refractivity (Wildman–Crippen MR) is 605 cm³/mol. The average molecular weight is 1930 g/mol. The molecule has 3 amide bonds. The number of ether oxygens (including phenoxy) is 8. The van der Waals surface area contributed by atoms with Crippen molar-refractivity contribution in [2.75, 3.05) is 154 Å². The second-order valence-electron chi connectivity index (χ2n) is 37.0. The molecule has 0 fully saturated rings. The molecule has 0 radical (unpaired) electrons. The molecular formula is C97H255BN4O17SSi5. The number of urea groups is 1. The zero-order chi connectivity index (χ0) is 97.7. The van der Waals surface area contributed by atoms with Crippen molar-refractivity contribution in [2.24, 2.45) is 5.41 Å². The largest absolute Gasteiger partial charge is 0.507 e. The van der Waals surface area contributed by atoms with Crippen molar-refractivity contribution in [3.8, 4) is 11.8 Å². The van der Waals surface area contributed by atoms with Gasteiger partial charge in [-0.15, -0.1) is 11.8 Å². The summed E-state index contributed by atoms with van der Waals surface area (Å²) in [7, 11) is 27.7. The number of nitrogens with zero attached hydrogens (tertiary/aromatic N) is 4. The van der Waals surface area contributed by atoms with E-state index in [1.54, 1.807) is 111 Å². The van der Waals surface area contributed by atoms with Crippen LogP contribution in [-0.2, 0) is 69.7 Å². The van der Waals surface area contributed by atoms with Crippen molar-refractivity contribution in [1.82, 2.24) is 19.6 Å². The minimum atomic E-state index is -1.65. The van der Waals surface area contributed by atoms with E-state index in [4.69, 9.17) is 36.3 Å². The minimum absolute atomic E-state index is 0. The van der Waals surface area contributed by atoms with Crippen LogP contribution >= 0.6 is 11.8 Å². The second kappa shape index (κ2) is 134. The molecule has 0 aromatic heterocycles. The second-order valence-corrected chi connectivity index (χ2v) is 61.4. The highest BCUT2D eigenvalue weighted by molar-refractivity contribution is 7.97. The lowest BCUT2D eigenvalue weighted by Gasteiger charge is -2.30. The smallest absolute Gasteiger partial charge is 0.469 e. The van der Waals surface area contributed by atoms with E-state index in [2.05, 4.69) is 261 Å². The summed E-state index contributed by atoms with van der Waals surface area (Å²) in [6.45, 7) is 98.0. The lowest BCUT2D eigenvalue weighted by Crippen LogP contribution is -2.39. The van der Waals surface area contributed by atoms with E-state index in [0.717, 1.165) is 6.71 Å². The standard InChI is InChI=1S/C8H18O.C6H18OSi2.2C6H12.C5H12N2O.C5H12O2.C5H12O.C5H12.C4H9NO.C4H12O2Si.C4H12OSi.C4H12Si.C4H6.C3H9B.C3H9N.C3H6O3.C3H6O2.C3H6O.C2H6O.C2H6S.12CH4/c1-7(2,3)9-8(4,5)6;1-8(2,3)7-9(4,5)6;2*1-5(2)6(3)4;1-6(2)5(8)7(3)4;1-5(2,6-3)7-4;1-5(2,3)6-4;1-5(2,3)4;1-4(6)5(2)3;1-5-7(3,4)6-2;1-5-6(2,3)4;1-5(2,3)4;1-3-4-2;2*1-4(2)3;1-5-3(4)6-2;1-3(4)5-2;1-3(2)4;2*1-3-2;;;;;;;;;;;;/h2*1-6H3;2*1-4H3;1-4H3;1-4H3;1-4H3;1-4H3;1-3H3;1-4H3;1-4H3;1-4H3;1-2H3;2*1-3H3;1-2H3;1-2H3;1-2H3;2*1-2H3;12*1H4. The first kappa shape index (κ1) is 221. The first-order chi connectivity index (χ1) is 49.3. The van der Waals surface area contributed by atoms with E-state index >= 15 is 0 Å². The van der Waals surface area contributed by atoms with Crippen LogP contribution in [0.4, 0.5) is 9.59 Å². The fraction of sp³-hybridized carbons (Fsp3) is 0.887. The van der Waals surface area contributed by atoms with E-state index in [1.807, 2.05) is 100 Å². The first-order valence-corrected chi connectivity index (χ1v) is 56.8. The highest BCUT2D eigenvalue weighted by atomic mass is 32.2. The summed E-state index contributed by atoms with van der Waals surface area (Å²) in [4.78, 5) is 56.1. The van der Waals surface area contributed by atoms with Crippen LogP contribution in [0.3, 0.4) is 0 Å². The van der Waals surface area contributed by atoms with Crippen LogP contribution in [0.15, 0.2) is 22.3 Å². The molecule has 0 aromatic carbocycles. The summed E-state index contributed by atoms with van der Waals surface area (Å²) < 4.78 is 57.7. The Morgan fingerprint density at radius 2 is 0.488 bits per heavy atom. The van der Waals surface area contributed by atoms with Gasteiger partial charge in [0.25, 0.3) is 0 Å². The van der Waals surface area contributed by atoms with Crippen molar-refractivity contribution in [3.05, 3.63) is 22.3 Å². The van der Waals surface area contributed by atoms with Gasteiger partial charge in [-0.25, -0.2) is 9.59 Å². The summed E-state index contributed by atoms with van der Waals surface area (Å²) in [5, 5.41) is 0. The van der Waals surface area contributed by atoms with Crippen LogP contribution in [0.5, 0.6) is 0 Å². The molecule has 28 heteroatoms. The van der Waals surface area contributed by atoms with Crippen molar-refractivity contribution in [2.45, 2.75) is 431 Å². The van der Waals surface area contributed by atoms with Crippen LogP contribution < -0.4 is 0 Å². The van der Waals surface area contributed by atoms with Gasteiger partial charge in [0.2, 0.25) is 5.91 Å². The van der Waals surface area contributed by atoms with Crippen molar-refractivity contribution >= 4 is 89.9 Å². The first-order valence-electron chi connectivity index (χ1n) is 38.2. The number of rotatable bonds is 7. The lowest BCUT2D eigenvalue weighted by atomic mass is 9.58. The molecule has 0 atom stereocenters. The summed E-state index contributed by atoms with van der Waals surface area (Å²) in [5.74, 6) is 4.96. The molecule has 125 heavy (non-hydrogen) atoms. The highest BCUT2D eigenvalue weighted by Gasteiger charge is 2.24. The number of thioether (sulfide) groups is 1. The van der Waals surface area contributed by atoms with Gasteiger partial charge in [-0.2, -0.15) is 11.8 Å². The molecule has 794 valence electrons. The fourth-order valence-electron chi connectivity index (χ4n) is 2.49. The summed E-state index contributed by atoms with van der Waals surface area (Å²) in [6, 6.07) is 0.0185. The number of hydrogen-bond donors (Lipinski definition) is 0. The highest BCUT2D eigenvalue weighted by Crippen LogP contribution is 2.18. The van der Waals surface area contributed by atoms with Crippen LogP contribution in [0, 0.1) is 17.3 Å². The maximum atomic E-state index is 10.7. The van der Waals surface area contributed by atoms with E-state index in [-0.39, 0.29) is 130 Å². The SMILES string of the molecule is C.C.C.C.C.C.C.C.C.C.C.C.CB(C)C.CC#CC.CC(=O)N(C)C.CC(C)(C)C.CC(C)(C)OC(C)(C)C.CC(C)=C(C)C.CC(C)=C(C)C.CC(C)=O.CN(C)C.CN(C)C(=O)N(C)C.COC.COC(=O)OC.COC(C)(C)C.COC(C)(C)OC.COC(C)=O.CO[Si](C)(C)C.CO[Si](C)(C)OC.CSC.C[Si](C)(C)C.C[Si](C)(C)O[Si](C)(C)C. The molecule has 0 saturated carbocycles. The zero-order valence-corrected chi connectivity index (χ0v) is 95.0. The number of allylic oxidation sites excluding steroid dienone is 4. The third-order valence-corrected chi connectivity index (χ3v) is 16.8. The van der Waals surface area contributed by atoms with Gasteiger partial charge in [0.05, 0.1) is 38.1 Å². The van der Waals surface area contributed by atoms with Gasteiger partial charge in [-0.05, 0) is 270 Å². The Balaban J connectivity index is -0.0000000243. The molecule has 0 bridgehead atoms. The third-order valence-electron chi connectivity index (χ3n) is 8.68. The fourth-order valence-corrected chi connectivity index (χ4v) is 10.0. The van der Waals surface area contributed by atoms with E-state index in [9.17, 15) is 24.0 Å². The Morgan fingerprint density at radius 1 is 0.344 bits per heavy atom. The van der Waals surface area contributed by atoms with E-state index < -0.39 is 53.5 Å². The molecule has 21 nitrogen and oxygen atoms in total. The normalized spacial score (nSPS) is 8.88. The van der Waals surface area contributed by atoms with E-state index in [0.29, 0.717) is 5.41 Å². The van der Waals surface area contributed by atoms with Gasteiger partial charge in [0, 0.05) is 121 Å². The molecule has 0 aliphatic heterocycles. The number of ketones is 1. The number of carbonyl (C=O) groups excluding carboxylic acids is 5. The summed E-state index contributed by atoms with van der Waals surface area (Å²) >= 11 is 1.75. The molecular weight excluding hydrogens is 1680 g/mol. The zero-order valence-electron chi connectivity index (χ0n) is 89.2. The van der Waals surface area contributed by atoms with Gasteiger partial charge in [-0.3, -0.25) is 9.59 Å². The van der Waals surface area contributed by atoms with Crippen LogP contribution in [0.25, 0.3) is 0 Å². The molecule has 0 aliphatic rings. The molecule has 0 saturated heterocycles. The molecule has 0 heterocycles. The number of amides is 3. The van der Waals surface area contributed by atoms with Crippen LogP contribution in [-0.4, -0.2) is 274 Å². The Labute approximate surface area is 808 Å². The number of hydrogen-bond acceptors (Lipinski definition) is 19. The average Bonchev–Trinajstić information content (AvgIpc) is 0.917. The number of Topliss-reactive ketones (excluding diaryl/α,β-unsaturated/α-hetero) is 1. The summed E-state index contributed by atoms with van der Waals surface area (Å²) in [6.07, 6.45) is 3.43. The molecule has 0 rings (SSSR count). The van der Waals surface area contributed by atoms with Gasteiger partial charge in [-0.1, -0.05) is 186 Å². The lowest BCUT2D eigenvalue weighted by molar-refractivity contribution is -0.178. The van der Waals surface area contributed by atoms with Gasteiger partial charge >= 0.3 is 26.7 Å². The minimum Gasteiger partial charge on any atom is -0.469 e. The maximum Gasteiger partial charge on any atom is 0.507 e. The van der Waals surface area contributed by atoms with Gasteiger partial charge < -0.3 is 79.7 Å². The van der Waals surface area contributed by atoms with Gasteiger partial charge in [0.15, 0.2) is 30.7 Å². The molecule has 0 aromatic rings. The number of methoxy groups -OCH3 is 7. The third kappa shape index (κ3) is 586. The Hall–Kier alpha value is -2.71. The molecule has 0 aliphatic carbocycles. The molecule has 0 spiro atoms. The summed E-state index contributed by atoms with van der Waals surface area (Å²) in [5.41, 5.74) is 6.21. The van der Waals surface area contributed by atoms with E-state index in [1.165, 1.54) is 86.0 Å². The van der Waals surface area contributed by atoms with Crippen molar-refractivity contribution < 1.29 is 79.3 Å². The van der Waals surface area contributed by atoms with Gasteiger partial charge in [0.1, 0.15) is 12.5 Å². The van der Waals surface area contributed by atoms with Crippen LogP contribution in [0.1, 0.15) is 290 Å². The molecule has 0 unspecified atom stereocenters. The van der Waals surface area contributed by atoms with Crippen LogP contribution in [0.2, 0.25) is 119 Å². The Kier molecular flexibility index (Phi) is 237. The topological polar surface area (TPSA) is 209 Å². The van der Waals surface area contributed by atoms with Crippen molar-refractivity contribution in [1.29, 1.82) is 0 Å². The Bertz CT molecular complexity index is 1930. The number of carbonyl (C=O) groups is 5. The molecule has 0 N–H and O–H groups in total. The quantitative estimate of drug-likeness (QED) is 0.0763. The number of esters is 1. The predicted octanol–water partition coefficient (Wildman–Crippen LogP) is 31.9. The van der Waals surface area contributed by atoms with Crippen molar-refractivity contribution in [3.63, 3.8) is 0 Å². The Morgan fingerprint density at radius 3 is 0.488 bits per heavy atom. The maximum absolute atomic E-state index is 10.7. The monoisotopic (exact) mass is 1930 g/mol.